The third-order valence-electron chi connectivity index (χ3n) is 3.35. The molecule has 0 aliphatic carbocycles. The summed E-state index contributed by atoms with van der Waals surface area (Å²) in [5, 5.41) is 2.25. The van der Waals surface area contributed by atoms with Gasteiger partial charge in [-0.25, -0.2) is 8.78 Å². The smallest absolute Gasteiger partial charge is 0.322 e. The second kappa shape index (κ2) is 7.60. The number of alkyl halides is 3. The van der Waals surface area contributed by atoms with Gasteiger partial charge in [-0.3, -0.25) is 9.69 Å². The molecule has 2 rings (SSSR count). The van der Waals surface area contributed by atoms with E-state index in [9.17, 15) is 26.7 Å². The summed E-state index contributed by atoms with van der Waals surface area (Å²) >= 11 is 0. The lowest BCUT2D eigenvalue weighted by Crippen LogP contribution is -2.30. The average molecular weight is 358 g/mol. The predicted octanol–water partition coefficient (Wildman–Crippen LogP) is 4.05. The molecule has 0 aliphatic heterocycles. The molecular weight excluding hydrogens is 343 g/mol. The molecule has 0 aromatic heterocycles. The van der Waals surface area contributed by atoms with Gasteiger partial charge in [0.05, 0.1) is 17.8 Å². The third-order valence-corrected chi connectivity index (χ3v) is 3.35. The van der Waals surface area contributed by atoms with E-state index < -0.39 is 29.3 Å². The number of nitrogens with zero attached hydrogens (tertiary/aromatic N) is 1. The van der Waals surface area contributed by atoms with E-state index in [1.165, 1.54) is 17.0 Å². The van der Waals surface area contributed by atoms with Crippen molar-refractivity contribution >= 4 is 11.6 Å². The van der Waals surface area contributed by atoms with E-state index in [1.807, 2.05) is 0 Å². The van der Waals surface area contributed by atoms with Gasteiger partial charge in [-0.2, -0.15) is 13.2 Å². The molecular formula is C17H15F5N2O. The maximum absolute atomic E-state index is 13.5. The van der Waals surface area contributed by atoms with Crippen molar-refractivity contribution in [3.05, 3.63) is 65.2 Å². The predicted molar refractivity (Wildman–Crippen MR) is 82.8 cm³/mol. The lowest BCUT2D eigenvalue weighted by atomic mass is 10.1. The number of carbonyl (C=O) groups excluding carboxylic acids is 1. The summed E-state index contributed by atoms with van der Waals surface area (Å²) in [6.45, 7) is 0.0775. The summed E-state index contributed by atoms with van der Waals surface area (Å²) in [6.07, 6.45) is -4.40. The Bertz CT molecular complexity index is 744. The number of hydrogen-bond donors (Lipinski definition) is 1. The molecule has 134 valence electrons. The average Bonchev–Trinajstić information content (AvgIpc) is 2.50. The molecule has 0 unspecified atom stereocenters. The quantitative estimate of drug-likeness (QED) is 0.818. The van der Waals surface area contributed by atoms with Gasteiger partial charge in [-0.15, -0.1) is 0 Å². The molecule has 3 nitrogen and oxygen atoms in total. The SMILES string of the molecule is CN(CC(=O)Nc1cc(F)ccc1F)Cc1ccc(C(F)(F)F)cc1. The van der Waals surface area contributed by atoms with Crippen molar-refractivity contribution in [2.75, 3.05) is 18.9 Å². The maximum atomic E-state index is 13.5. The molecule has 8 heteroatoms. The second-order valence-corrected chi connectivity index (χ2v) is 5.54. The Morgan fingerprint density at radius 3 is 2.32 bits per heavy atom. The first kappa shape index (κ1) is 18.9. The number of benzene rings is 2. The van der Waals surface area contributed by atoms with Gasteiger partial charge in [0.15, 0.2) is 0 Å². The number of hydrogen-bond acceptors (Lipinski definition) is 2. The molecule has 2 aromatic carbocycles. The minimum atomic E-state index is -4.40. The lowest BCUT2D eigenvalue weighted by molar-refractivity contribution is -0.137. The number of nitrogens with one attached hydrogen (secondary N) is 1. The highest BCUT2D eigenvalue weighted by Gasteiger charge is 2.29. The van der Waals surface area contributed by atoms with Crippen LogP contribution >= 0.6 is 0 Å². The fraction of sp³-hybridized carbons (Fsp3) is 0.235. The number of halogens is 5. The van der Waals surface area contributed by atoms with Crippen molar-refractivity contribution in [1.29, 1.82) is 0 Å². The minimum absolute atomic E-state index is 0.142. The molecule has 0 atom stereocenters. The molecule has 0 saturated heterocycles. The molecule has 0 radical (unpaired) electrons. The highest BCUT2D eigenvalue weighted by atomic mass is 19.4. The Morgan fingerprint density at radius 2 is 1.72 bits per heavy atom. The fourth-order valence-electron chi connectivity index (χ4n) is 2.19. The zero-order chi connectivity index (χ0) is 18.6. The van der Waals surface area contributed by atoms with Crippen LogP contribution in [0.1, 0.15) is 11.1 Å². The summed E-state index contributed by atoms with van der Waals surface area (Å²) in [5.74, 6) is -2.02. The van der Waals surface area contributed by atoms with Crippen LogP contribution in [-0.2, 0) is 17.5 Å². The molecule has 2 aromatic rings. The van der Waals surface area contributed by atoms with E-state index in [4.69, 9.17) is 0 Å². The molecule has 1 N–H and O–H groups in total. The standard InChI is InChI=1S/C17H15F5N2O/c1-24(9-11-2-4-12(5-3-11)17(20,21)22)10-16(25)23-15-8-13(18)6-7-14(15)19/h2-8H,9-10H2,1H3,(H,23,25). The van der Waals surface area contributed by atoms with Crippen LogP contribution in [0, 0.1) is 11.6 Å². The highest BCUT2D eigenvalue weighted by molar-refractivity contribution is 5.92. The Labute approximate surface area is 141 Å². The molecule has 0 bridgehead atoms. The van der Waals surface area contributed by atoms with E-state index in [0.29, 0.717) is 5.56 Å². The van der Waals surface area contributed by atoms with Crippen LogP contribution < -0.4 is 5.32 Å². The summed E-state index contributed by atoms with van der Waals surface area (Å²) in [4.78, 5) is 13.4. The summed E-state index contributed by atoms with van der Waals surface area (Å²) in [6, 6.07) is 7.27. The number of amides is 1. The summed E-state index contributed by atoms with van der Waals surface area (Å²) < 4.78 is 64.0. The van der Waals surface area contributed by atoms with Crippen molar-refractivity contribution in [1.82, 2.24) is 4.90 Å². The molecule has 0 aliphatic rings. The Morgan fingerprint density at radius 1 is 1.08 bits per heavy atom. The van der Waals surface area contributed by atoms with Crippen LogP contribution in [0.15, 0.2) is 42.5 Å². The first-order valence-corrected chi connectivity index (χ1v) is 7.25. The summed E-state index contributed by atoms with van der Waals surface area (Å²) in [5.41, 5.74) is -0.439. The Balaban J connectivity index is 1.92. The van der Waals surface area contributed by atoms with Crippen molar-refractivity contribution in [3.8, 4) is 0 Å². The van der Waals surface area contributed by atoms with Gasteiger partial charge in [0.2, 0.25) is 5.91 Å². The normalized spacial score (nSPS) is 11.6. The molecule has 1 amide bonds. The number of likely N-dealkylation sites (N-methyl/N-ethyl adjacent to an activating group) is 1. The fourth-order valence-corrected chi connectivity index (χ4v) is 2.19. The van der Waals surface area contributed by atoms with Gasteiger partial charge in [0.1, 0.15) is 11.6 Å². The van der Waals surface area contributed by atoms with Gasteiger partial charge in [0.25, 0.3) is 0 Å². The van der Waals surface area contributed by atoms with Crippen LogP contribution in [-0.4, -0.2) is 24.4 Å². The minimum Gasteiger partial charge on any atom is -0.322 e. The summed E-state index contributed by atoms with van der Waals surface area (Å²) in [7, 11) is 1.58. The van der Waals surface area contributed by atoms with E-state index in [0.717, 1.165) is 30.3 Å². The number of anilines is 1. The molecule has 0 fully saturated rings. The van der Waals surface area contributed by atoms with Crippen LogP contribution in [0.25, 0.3) is 0 Å². The van der Waals surface area contributed by atoms with Crippen molar-refractivity contribution in [2.24, 2.45) is 0 Å². The topological polar surface area (TPSA) is 32.3 Å². The third kappa shape index (κ3) is 5.53. The van der Waals surface area contributed by atoms with Gasteiger partial charge in [-0.1, -0.05) is 12.1 Å². The lowest BCUT2D eigenvalue weighted by Gasteiger charge is -2.17. The number of carbonyl (C=O) groups is 1. The monoisotopic (exact) mass is 358 g/mol. The first-order chi connectivity index (χ1) is 11.6. The zero-order valence-corrected chi connectivity index (χ0v) is 13.2. The van der Waals surface area contributed by atoms with E-state index in [1.54, 1.807) is 7.05 Å². The van der Waals surface area contributed by atoms with Gasteiger partial charge < -0.3 is 5.32 Å². The van der Waals surface area contributed by atoms with E-state index >= 15 is 0 Å². The Kier molecular flexibility index (Phi) is 5.73. The van der Waals surface area contributed by atoms with Gasteiger partial charge in [-0.05, 0) is 36.9 Å². The maximum Gasteiger partial charge on any atom is 0.416 e. The molecule has 0 saturated carbocycles. The van der Waals surface area contributed by atoms with Crippen molar-refractivity contribution in [3.63, 3.8) is 0 Å². The number of rotatable bonds is 5. The van der Waals surface area contributed by atoms with Gasteiger partial charge in [0, 0.05) is 12.6 Å². The van der Waals surface area contributed by atoms with Crippen LogP contribution in [0.3, 0.4) is 0 Å². The first-order valence-electron chi connectivity index (χ1n) is 7.25. The zero-order valence-electron chi connectivity index (χ0n) is 13.2. The molecule has 0 heterocycles. The van der Waals surface area contributed by atoms with E-state index in [-0.39, 0.29) is 18.8 Å². The highest BCUT2D eigenvalue weighted by Crippen LogP contribution is 2.29. The van der Waals surface area contributed by atoms with Crippen molar-refractivity contribution < 1.29 is 26.7 Å². The van der Waals surface area contributed by atoms with Gasteiger partial charge >= 0.3 is 6.18 Å². The Hall–Kier alpha value is -2.48. The second-order valence-electron chi connectivity index (χ2n) is 5.54. The van der Waals surface area contributed by atoms with Crippen LogP contribution in [0.4, 0.5) is 27.6 Å². The van der Waals surface area contributed by atoms with E-state index in [2.05, 4.69) is 5.32 Å². The molecule has 25 heavy (non-hydrogen) atoms. The molecule has 0 spiro atoms. The van der Waals surface area contributed by atoms with Crippen molar-refractivity contribution in [2.45, 2.75) is 12.7 Å². The van der Waals surface area contributed by atoms with Crippen LogP contribution in [0.2, 0.25) is 0 Å². The van der Waals surface area contributed by atoms with Crippen LogP contribution in [0.5, 0.6) is 0 Å². The largest absolute Gasteiger partial charge is 0.416 e.